The number of fused-ring (bicyclic) bond motifs is 1. The third-order valence-electron chi connectivity index (χ3n) is 5.25. The normalized spacial score (nSPS) is 11.2. The van der Waals surface area contributed by atoms with Crippen molar-refractivity contribution in [3.63, 3.8) is 0 Å². The van der Waals surface area contributed by atoms with Crippen LogP contribution in [0, 0.1) is 0 Å². The van der Waals surface area contributed by atoms with Gasteiger partial charge in [-0.1, -0.05) is 18.7 Å². The van der Waals surface area contributed by atoms with E-state index in [-0.39, 0.29) is 5.91 Å². The number of carbonyl (C=O) groups excluding carboxylic acids is 1. The molecule has 2 heterocycles. The summed E-state index contributed by atoms with van der Waals surface area (Å²) in [4.78, 5) is 21.8. The molecule has 0 saturated heterocycles. The van der Waals surface area contributed by atoms with Gasteiger partial charge in [-0.15, -0.1) is 0 Å². The zero-order chi connectivity index (χ0) is 26.6. The third-order valence-corrected chi connectivity index (χ3v) is 6.30. The van der Waals surface area contributed by atoms with Crippen molar-refractivity contribution >= 4 is 40.6 Å². The SMILES string of the molecule is CCCSc1nc(NCCOC)c2cnn(CCNC(=O)/C=C\c3cc(OC)c(OC)c(OC)c3)c2n1. The summed E-state index contributed by atoms with van der Waals surface area (Å²) >= 11 is 1.60. The summed E-state index contributed by atoms with van der Waals surface area (Å²) in [5, 5.41) is 12.2. The predicted molar refractivity (Wildman–Crippen MR) is 145 cm³/mol. The van der Waals surface area contributed by atoms with Gasteiger partial charge in [0.05, 0.1) is 46.1 Å². The first-order valence-electron chi connectivity index (χ1n) is 11.9. The molecule has 0 aliphatic rings. The first kappa shape index (κ1) is 28.1. The fraction of sp³-hybridized carbons (Fsp3) is 0.440. The zero-order valence-electron chi connectivity index (χ0n) is 21.9. The van der Waals surface area contributed by atoms with Crippen LogP contribution in [0.4, 0.5) is 5.82 Å². The van der Waals surface area contributed by atoms with Crippen LogP contribution >= 0.6 is 11.8 Å². The van der Waals surface area contributed by atoms with Crippen molar-refractivity contribution in [2.24, 2.45) is 0 Å². The highest BCUT2D eigenvalue weighted by atomic mass is 32.2. The number of carbonyl (C=O) groups is 1. The maximum atomic E-state index is 12.4. The van der Waals surface area contributed by atoms with Gasteiger partial charge in [0, 0.05) is 32.0 Å². The molecule has 0 radical (unpaired) electrons. The van der Waals surface area contributed by atoms with E-state index in [1.807, 2.05) is 0 Å². The molecule has 0 aliphatic carbocycles. The Labute approximate surface area is 220 Å². The molecular formula is C25H34N6O5S. The number of ether oxygens (including phenoxy) is 4. The quantitative estimate of drug-likeness (QED) is 0.131. The molecule has 3 aromatic rings. The molecule has 1 amide bonds. The minimum absolute atomic E-state index is 0.235. The topological polar surface area (TPSA) is 122 Å². The van der Waals surface area contributed by atoms with Gasteiger partial charge >= 0.3 is 0 Å². The average molecular weight is 531 g/mol. The van der Waals surface area contributed by atoms with E-state index < -0.39 is 0 Å². The second-order valence-corrected chi connectivity index (χ2v) is 8.87. The van der Waals surface area contributed by atoms with E-state index >= 15 is 0 Å². The van der Waals surface area contributed by atoms with Crippen molar-refractivity contribution in [2.75, 3.05) is 59.2 Å². The number of nitrogens with zero attached hydrogens (tertiary/aromatic N) is 4. The van der Waals surface area contributed by atoms with Crippen molar-refractivity contribution in [1.82, 2.24) is 25.1 Å². The van der Waals surface area contributed by atoms with Crippen LogP contribution in [-0.4, -0.2) is 79.5 Å². The monoisotopic (exact) mass is 530 g/mol. The van der Waals surface area contributed by atoms with E-state index in [0.717, 1.165) is 34.6 Å². The van der Waals surface area contributed by atoms with Crippen molar-refractivity contribution < 1.29 is 23.7 Å². The van der Waals surface area contributed by atoms with E-state index in [9.17, 15) is 4.79 Å². The molecule has 12 heteroatoms. The number of nitrogens with one attached hydrogen (secondary N) is 2. The van der Waals surface area contributed by atoms with Gasteiger partial charge in [-0.25, -0.2) is 14.6 Å². The molecule has 0 atom stereocenters. The third kappa shape index (κ3) is 7.49. The molecule has 0 saturated carbocycles. The molecular weight excluding hydrogens is 496 g/mol. The van der Waals surface area contributed by atoms with E-state index in [4.69, 9.17) is 23.9 Å². The number of hydrogen-bond acceptors (Lipinski definition) is 10. The molecule has 0 aliphatic heterocycles. The largest absolute Gasteiger partial charge is 0.493 e. The Morgan fingerprint density at radius 2 is 1.84 bits per heavy atom. The summed E-state index contributed by atoms with van der Waals surface area (Å²) in [5.41, 5.74) is 1.46. The maximum absolute atomic E-state index is 12.4. The fourth-order valence-corrected chi connectivity index (χ4v) is 4.17. The summed E-state index contributed by atoms with van der Waals surface area (Å²) in [7, 11) is 6.30. The molecule has 0 spiro atoms. The summed E-state index contributed by atoms with van der Waals surface area (Å²) in [5.74, 6) is 2.94. The molecule has 11 nitrogen and oxygen atoms in total. The highest BCUT2D eigenvalue weighted by Crippen LogP contribution is 2.38. The van der Waals surface area contributed by atoms with Gasteiger partial charge in [0.25, 0.3) is 0 Å². The maximum Gasteiger partial charge on any atom is 0.244 e. The van der Waals surface area contributed by atoms with Crippen molar-refractivity contribution in [3.8, 4) is 17.2 Å². The van der Waals surface area contributed by atoms with E-state index in [2.05, 4.69) is 27.6 Å². The molecule has 0 unspecified atom stereocenters. The van der Waals surface area contributed by atoms with Gasteiger partial charge in [-0.2, -0.15) is 5.10 Å². The second kappa shape index (κ2) is 14.3. The van der Waals surface area contributed by atoms with Crippen LogP contribution in [0.5, 0.6) is 17.2 Å². The number of aromatic nitrogens is 4. The van der Waals surface area contributed by atoms with Crippen LogP contribution in [-0.2, 0) is 16.1 Å². The zero-order valence-corrected chi connectivity index (χ0v) is 22.7. The van der Waals surface area contributed by atoms with Gasteiger partial charge in [-0.3, -0.25) is 4.79 Å². The van der Waals surface area contributed by atoms with Gasteiger partial charge < -0.3 is 29.6 Å². The summed E-state index contributed by atoms with van der Waals surface area (Å²) in [6.45, 7) is 4.14. The molecule has 200 valence electrons. The number of methoxy groups -OCH3 is 4. The lowest BCUT2D eigenvalue weighted by molar-refractivity contribution is -0.116. The minimum Gasteiger partial charge on any atom is -0.493 e. The fourth-order valence-electron chi connectivity index (χ4n) is 3.48. The molecule has 0 fully saturated rings. The van der Waals surface area contributed by atoms with Crippen LogP contribution in [0.15, 0.2) is 29.6 Å². The highest BCUT2D eigenvalue weighted by molar-refractivity contribution is 7.99. The number of amides is 1. The molecule has 2 aromatic heterocycles. The van der Waals surface area contributed by atoms with E-state index in [1.54, 1.807) is 69.3 Å². The van der Waals surface area contributed by atoms with Crippen molar-refractivity contribution in [1.29, 1.82) is 0 Å². The van der Waals surface area contributed by atoms with Gasteiger partial charge in [0.1, 0.15) is 5.82 Å². The Morgan fingerprint density at radius 3 is 2.49 bits per heavy atom. The second-order valence-electron chi connectivity index (χ2n) is 7.81. The molecule has 2 N–H and O–H groups in total. The standard InChI is InChI=1S/C25H34N6O5S/c1-6-13-37-25-29-23(27-10-12-33-2)18-16-28-31(24(18)30-25)11-9-26-21(32)8-7-17-14-19(34-3)22(36-5)20(15-17)35-4/h7-8,14-16H,6,9-13H2,1-5H3,(H,26,32)(H,27,29,30)/b8-7-. The lowest BCUT2D eigenvalue weighted by Gasteiger charge is -2.12. The number of benzene rings is 1. The van der Waals surface area contributed by atoms with Crippen LogP contribution in [0.2, 0.25) is 0 Å². The summed E-state index contributed by atoms with van der Waals surface area (Å²) < 4.78 is 23.0. The molecule has 37 heavy (non-hydrogen) atoms. The van der Waals surface area contributed by atoms with Crippen molar-refractivity contribution in [2.45, 2.75) is 25.0 Å². The van der Waals surface area contributed by atoms with Crippen LogP contribution in [0.3, 0.4) is 0 Å². The lowest BCUT2D eigenvalue weighted by atomic mass is 10.1. The molecule has 1 aromatic carbocycles. The number of thioether (sulfide) groups is 1. The average Bonchev–Trinajstić information content (AvgIpc) is 3.33. The van der Waals surface area contributed by atoms with Crippen molar-refractivity contribution in [3.05, 3.63) is 30.0 Å². The predicted octanol–water partition coefficient (Wildman–Crippen LogP) is 3.24. The number of hydrogen-bond donors (Lipinski definition) is 2. The Kier molecular flexibility index (Phi) is 10.8. The Hall–Kier alpha value is -3.51. The smallest absolute Gasteiger partial charge is 0.244 e. The number of rotatable bonds is 15. The first-order chi connectivity index (χ1) is 18.0. The van der Waals surface area contributed by atoms with Crippen LogP contribution < -0.4 is 24.8 Å². The van der Waals surface area contributed by atoms with Gasteiger partial charge in [0.15, 0.2) is 22.3 Å². The Morgan fingerprint density at radius 1 is 1.08 bits per heavy atom. The summed E-state index contributed by atoms with van der Waals surface area (Å²) in [6, 6.07) is 3.54. The van der Waals surface area contributed by atoms with Gasteiger partial charge in [-0.05, 0) is 30.2 Å². The highest BCUT2D eigenvalue weighted by Gasteiger charge is 2.14. The van der Waals surface area contributed by atoms with Crippen LogP contribution in [0.1, 0.15) is 18.9 Å². The van der Waals surface area contributed by atoms with E-state index in [0.29, 0.717) is 48.6 Å². The Bertz CT molecular complexity index is 1190. The number of anilines is 1. The lowest BCUT2D eigenvalue weighted by Crippen LogP contribution is -2.25. The minimum atomic E-state index is -0.235. The Balaban J connectivity index is 1.67. The first-order valence-corrected chi connectivity index (χ1v) is 12.9. The van der Waals surface area contributed by atoms with E-state index in [1.165, 1.54) is 6.08 Å². The molecule has 3 rings (SSSR count). The van der Waals surface area contributed by atoms with Gasteiger partial charge in [0.2, 0.25) is 11.7 Å². The van der Waals surface area contributed by atoms with Crippen LogP contribution in [0.25, 0.3) is 17.1 Å². The summed E-state index contributed by atoms with van der Waals surface area (Å²) in [6.07, 6.45) is 5.91. The molecule has 0 bridgehead atoms.